The minimum atomic E-state index is -0.212. The molecular weight excluding hydrogens is 258 g/mol. The van der Waals surface area contributed by atoms with Gasteiger partial charge in [0.05, 0.1) is 18.9 Å². The molecule has 2 N–H and O–H groups in total. The molecule has 2 amide bonds. The number of carbonyl (C=O) groups is 1. The second-order valence-electron chi connectivity index (χ2n) is 4.81. The third-order valence-corrected chi connectivity index (χ3v) is 2.79. The van der Waals surface area contributed by atoms with Crippen molar-refractivity contribution in [1.29, 1.82) is 0 Å². The molecular formula is C14H25N3O3. The molecule has 1 aromatic heterocycles. The smallest absolute Gasteiger partial charge is 0.315 e. The van der Waals surface area contributed by atoms with E-state index in [-0.39, 0.29) is 12.1 Å². The molecule has 0 saturated heterocycles. The van der Waals surface area contributed by atoms with Crippen molar-refractivity contribution in [1.82, 2.24) is 15.5 Å². The van der Waals surface area contributed by atoms with Gasteiger partial charge in [0, 0.05) is 19.7 Å². The molecule has 0 aliphatic heterocycles. The van der Waals surface area contributed by atoms with Crippen LogP contribution in [-0.4, -0.2) is 50.8 Å². The molecule has 1 rings (SSSR count). The number of nitrogens with one attached hydrogen (secondary N) is 2. The van der Waals surface area contributed by atoms with Crippen molar-refractivity contribution in [2.45, 2.75) is 26.0 Å². The number of carbonyl (C=O) groups excluding carboxylic acids is 1. The molecule has 0 radical (unpaired) electrons. The number of furan rings is 1. The van der Waals surface area contributed by atoms with E-state index in [1.807, 2.05) is 27.1 Å². The lowest BCUT2D eigenvalue weighted by Crippen LogP contribution is -2.41. The van der Waals surface area contributed by atoms with Gasteiger partial charge >= 0.3 is 6.03 Å². The molecule has 1 atom stereocenters. The van der Waals surface area contributed by atoms with Crippen molar-refractivity contribution in [3.63, 3.8) is 0 Å². The lowest BCUT2D eigenvalue weighted by Gasteiger charge is -2.19. The highest BCUT2D eigenvalue weighted by atomic mass is 16.5. The number of ether oxygens (including phenoxy) is 1. The molecule has 0 aliphatic rings. The molecule has 114 valence electrons. The average Bonchev–Trinajstić information content (AvgIpc) is 2.92. The van der Waals surface area contributed by atoms with Crippen molar-refractivity contribution >= 4 is 6.03 Å². The second-order valence-corrected chi connectivity index (χ2v) is 4.81. The van der Waals surface area contributed by atoms with Gasteiger partial charge in [-0.1, -0.05) is 0 Å². The Bertz CT molecular complexity index is 366. The van der Waals surface area contributed by atoms with Crippen LogP contribution in [-0.2, 0) is 11.3 Å². The van der Waals surface area contributed by atoms with Crippen molar-refractivity contribution < 1.29 is 13.9 Å². The zero-order chi connectivity index (χ0) is 14.8. The second kappa shape index (κ2) is 9.39. The Morgan fingerprint density at radius 2 is 2.25 bits per heavy atom. The topological polar surface area (TPSA) is 66.7 Å². The fraction of sp³-hybridized carbons (Fsp3) is 0.643. The predicted molar refractivity (Wildman–Crippen MR) is 77.5 cm³/mol. The first-order valence-corrected chi connectivity index (χ1v) is 6.92. The number of hydrogen-bond acceptors (Lipinski definition) is 4. The summed E-state index contributed by atoms with van der Waals surface area (Å²) in [6.45, 7) is 4.43. The highest BCUT2D eigenvalue weighted by molar-refractivity contribution is 5.73. The molecule has 1 aromatic rings. The molecule has 0 saturated carbocycles. The normalized spacial score (nSPS) is 12.4. The number of urea groups is 1. The van der Waals surface area contributed by atoms with Crippen LogP contribution in [0.4, 0.5) is 4.79 Å². The van der Waals surface area contributed by atoms with Crippen LogP contribution in [0.15, 0.2) is 22.8 Å². The van der Waals surface area contributed by atoms with Gasteiger partial charge in [-0.3, -0.25) is 0 Å². The van der Waals surface area contributed by atoms with Gasteiger partial charge < -0.3 is 24.7 Å². The number of nitrogens with zero attached hydrogens (tertiary/aromatic N) is 1. The number of amides is 2. The maximum absolute atomic E-state index is 11.7. The first kappa shape index (κ1) is 16.5. The Labute approximate surface area is 120 Å². The maximum Gasteiger partial charge on any atom is 0.315 e. The van der Waals surface area contributed by atoms with E-state index in [0.29, 0.717) is 19.7 Å². The van der Waals surface area contributed by atoms with Gasteiger partial charge in [0.1, 0.15) is 5.76 Å². The van der Waals surface area contributed by atoms with Crippen LogP contribution >= 0.6 is 0 Å². The lowest BCUT2D eigenvalue weighted by molar-refractivity contribution is 0.0534. The molecule has 1 unspecified atom stereocenters. The minimum absolute atomic E-state index is 0.0387. The summed E-state index contributed by atoms with van der Waals surface area (Å²) in [5, 5.41) is 5.56. The van der Waals surface area contributed by atoms with Crippen molar-refractivity contribution in [3.05, 3.63) is 24.2 Å². The largest absolute Gasteiger partial charge is 0.467 e. The van der Waals surface area contributed by atoms with E-state index in [0.717, 1.165) is 18.7 Å². The van der Waals surface area contributed by atoms with E-state index in [4.69, 9.17) is 9.15 Å². The first-order chi connectivity index (χ1) is 9.61. The highest BCUT2D eigenvalue weighted by Crippen LogP contribution is 2.00. The van der Waals surface area contributed by atoms with Crippen LogP contribution < -0.4 is 10.6 Å². The molecule has 6 nitrogen and oxygen atoms in total. The maximum atomic E-state index is 11.7. The van der Waals surface area contributed by atoms with Gasteiger partial charge in [0.15, 0.2) is 0 Å². The fourth-order valence-corrected chi connectivity index (χ4v) is 1.73. The molecule has 0 bridgehead atoms. The molecule has 20 heavy (non-hydrogen) atoms. The third-order valence-electron chi connectivity index (χ3n) is 2.79. The SMILES string of the molecule is CCOC(CCN(C)C)CNC(=O)NCc1ccco1. The van der Waals surface area contributed by atoms with Gasteiger partial charge in [-0.25, -0.2) is 4.79 Å². The van der Waals surface area contributed by atoms with Crippen molar-refractivity contribution in [2.75, 3.05) is 33.8 Å². The summed E-state index contributed by atoms with van der Waals surface area (Å²) in [5.74, 6) is 0.731. The Balaban J connectivity index is 2.21. The van der Waals surface area contributed by atoms with Crippen LogP contribution in [0.2, 0.25) is 0 Å². The Kier molecular flexibility index (Phi) is 7.75. The zero-order valence-corrected chi connectivity index (χ0v) is 12.5. The fourth-order valence-electron chi connectivity index (χ4n) is 1.73. The van der Waals surface area contributed by atoms with Crippen molar-refractivity contribution in [3.8, 4) is 0 Å². The minimum Gasteiger partial charge on any atom is -0.467 e. The van der Waals surface area contributed by atoms with E-state index >= 15 is 0 Å². The molecule has 0 aliphatic carbocycles. The third kappa shape index (κ3) is 7.16. The Morgan fingerprint density at radius 1 is 1.45 bits per heavy atom. The average molecular weight is 283 g/mol. The van der Waals surface area contributed by atoms with Gasteiger partial charge in [-0.15, -0.1) is 0 Å². The van der Waals surface area contributed by atoms with Crippen LogP contribution in [0.3, 0.4) is 0 Å². The van der Waals surface area contributed by atoms with Gasteiger partial charge in [0.2, 0.25) is 0 Å². The van der Waals surface area contributed by atoms with Crippen molar-refractivity contribution in [2.24, 2.45) is 0 Å². The standard InChI is InChI=1S/C14H25N3O3/c1-4-19-13(7-8-17(2)3)11-16-14(18)15-10-12-6-5-9-20-12/h5-6,9,13H,4,7-8,10-11H2,1-3H3,(H2,15,16,18). The summed E-state index contributed by atoms with van der Waals surface area (Å²) in [6.07, 6.45) is 2.51. The highest BCUT2D eigenvalue weighted by Gasteiger charge is 2.11. The molecule has 0 fully saturated rings. The summed E-state index contributed by atoms with van der Waals surface area (Å²) >= 11 is 0. The summed E-state index contributed by atoms with van der Waals surface area (Å²) in [4.78, 5) is 13.8. The van der Waals surface area contributed by atoms with Crippen LogP contribution in [0.5, 0.6) is 0 Å². The van der Waals surface area contributed by atoms with E-state index in [9.17, 15) is 4.79 Å². The van der Waals surface area contributed by atoms with E-state index in [1.165, 1.54) is 0 Å². The van der Waals surface area contributed by atoms with E-state index in [1.54, 1.807) is 12.3 Å². The van der Waals surface area contributed by atoms with Gasteiger partial charge in [-0.05, 0) is 39.6 Å². The summed E-state index contributed by atoms with van der Waals surface area (Å²) in [7, 11) is 4.04. The summed E-state index contributed by atoms with van der Waals surface area (Å²) in [6, 6.07) is 3.40. The summed E-state index contributed by atoms with van der Waals surface area (Å²) < 4.78 is 10.7. The summed E-state index contributed by atoms with van der Waals surface area (Å²) in [5.41, 5.74) is 0. The van der Waals surface area contributed by atoms with Gasteiger partial charge in [-0.2, -0.15) is 0 Å². The van der Waals surface area contributed by atoms with Crippen LogP contribution in [0.25, 0.3) is 0 Å². The monoisotopic (exact) mass is 283 g/mol. The quantitative estimate of drug-likeness (QED) is 0.719. The first-order valence-electron chi connectivity index (χ1n) is 6.92. The van der Waals surface area contributed by atoms with Crippen LogP contribution in [0, 0.1) is 0 Å². The molecule has 1 heterocycles. The Morgan fingerprint density at radius 3 is 2.85 bits per heavy atom. The molecule has 0 spiro atoms. The van der Waals surface area contributed by atoms with E-state index < -0.39 is 0 Å². The molecule has 0 aromatic carbocycles. The molecule has 6 heteroatoms. The van der Waals surface area contributed by atoms with Crippen LogP contribution in [0.1, 0.15) is 19.1 Å². The predicted octanol–water partition coefficient (Wildman–Crippen LogP) is 1.44. The Hall–Kier alpha value is -1.53. The van der Waals surface area contributed by atoms with Gasteiger partial charge in [0.25, 0.3) is 0 Å². The van der Waals surface area contributed by atoms with E-state index in [2.05, 4.69) is 15.5 Å². The zero-order valence-electron chi connectivity index (χ0n) is 12.5. The number of rotatable bonds is 9. The lowest BCUT2D eigenvalue weighted by atomic mass is 10.2. The number of hydrogen-bond donors (Lipinski definition) is 2.